The largest absolute Gasteiger partial charge is 0.347 e. The van der Waals surface area contributed by atoms with Gasteiger partial charge in [0.1, 0.15) is 0 Å². The highest BCUT2D eigenvalue weighted by atomic mass is 32.1. The first kappa shape index (κ1) is 16.9. The minimum absolute atomic E-state index is 0.117. The summed E-state index contributed by atoms with van der Waals surface area (Å²) in [6.07, 6.45) is 6.42. The molecule has 2 aromatic heterocycles. The molecule has 2 aliphatic heterocycles. The highest BCUT2D eigenvalue weighted by Gasteiger charge is 2.42. The summed E-state index contributed by atoms with van der Waals surface area (Å²) in [6, 6.07) is 14.0. The van der Waals surface area contributed by atoms with Crippen LogP contribution < -0.4 is 10.5 Å². The van der Waals surface area contributed by atoms with Gasteiger partial charge in [-0.25, -0.2) is 4.98 Å². The maximum Gasteiger partial charge on any atom is 0.275 e. The molecule has 0 radical (unpaired) electrons. The molecule has 140 valence electrons. The van der Waals surface area contributed by atoms with Crippen LogP contribution in [0.2, 0.25) is 0 Å². The lowest BCUT2D eigenvalue weighted by Crippen LogP contribution is -2.49. The van der Waals surface area contributed by atoms with Crippen molar-refractivity contribution in [2.45, 2.75) is 50.4 Å². The molecular weight excluding hydrogens is 358 g/mol. The summed E-state index contributed by atoms with van der Waals surface area (Å²) in [5.41, 5.74) is 1.28. The molecule has 27 heavy (non-hydrogen) atoms. The fraction of sp³-hybridized carbons (Fsp3) is 0.450. The van der Waals surface area contributed by atoms with E-state index >= 15 is 0 Å². The summed E-state index contributed by atoms with van der Waals surface area (Å²) >= 11 is 1.49. The molecular formula is C20H23N5OS. The predicted octanol–water partition coefficient (Wildman–Crippen LogP) is 2.78. The predicted molar refractivity (Wildman–Crippen MR) is 107 cm³/mol. The number of benzene rings is 1. The van der Waals surface area contributed by atoms with Crippen molar-refractivity contribution in [1.29, 1.82) is 0 Å². The molecule has 1 aromatic carbocycles. The lowest BCUT2D eigenvalue weighted by atomic mass is 9.96. The summed E-state index contributed by atoms with van der Waals surface area (Å²) in [4.78, 5) is 21.9. The number of fused-ring (bicyclic) bond motifs is 3. The Morgan fingerprint density at radius 3 is 2.59 bits per heavy atom. The smallest absolute Gasteiger partial charge is 0.275 e. The van der Waals surface area contributed by atoms with Crippen LogP contribution in [0.4, 0.5) is 5.13 Å². The molecule has 2 aliphatic rings. The molecule has 2 bridgehead atoms. The monoisotopic (exact) mass is 381 g/mol. The van der Waals surface area contributed by atoms with Gasteiger partial charge in [0.25, 0.3) is 5.56 Å². The number of aromatic nitrogens is 3. The van der Waals surface area contributed by atoms with E-state index in [2.05, 4.69) is 57.3 Å². The van der Waals surface area contributed by atoms with Gasteiger partial charge < -0.3 is 4.90 Å². The molecule has 0 spiro atoms. The third-order valence-electron chi connectivity index (χ3n) is 6.08. The SMILES string of the molecule is CN(c1nn2c(=O)ccnc2s1)C1CC2CCC(C1)N2Cc1ccccc1. The number of rotatable bonds is 4. The first-order chi connectivity index (χ1) is 13.2. The van der Waals surface area contributed by atoms with Gasteiger partial charge in [-0.1, -0.05) is 41.7 Å². The van der Waals surface area contributed by atoms with Crippen molar-refractivity contribution < 1.29 is 0 Å². The highest BCUT2D eigenvalue weighted by Crippen LogP contribution is 2.39. The first-order valence-corrected chi connectivity index (χ1v) is 10.4. The van der Waals surface area contributed by atoms with E-state index in [0.29, 0.717) is 23.1 Å². The van der Waals surface area contributed by atoms with Crippen LogP contribution >= 0.6 is 11.3 Å². The molecule has 2 saturated heterocycles. The van der Waals surface area contributed by atoms with Crippen molar-refractivity contribution in [3.05, 3.63) is 58.5 Å². The van der Waals surface area contributed by atoms with Crippen molar-refractivity contribution in [1.82, 2.24) is 19.5 Å². The molecule has 0 amide bonds. The van der Waals surface area contributed by atoms with E-state index < -0.39 is 0 Å². The average Bonchev–Trinajstić information content (AvgIpc) is 3.21. The van der Waals surface area contributed by atoms with Gasteiger partial charge >= 0.3 is 0 Å². The zero-order chi connectivity index (χ0) is 18.4. The molecule has 0 N–H and O–H groups in total. The summed E-state index contributed by atoms with van der Waals surface area (Å²) in [5, 5.41) is 5.40. The normalized spacial score (nSPS) is 25.1. The van der Waals surface area contributed by atoms with Gasteiger partial charge in [0.2, 0.25) is 10.1 Å². The Kier molecular flexibility index (Phi) is 4.21. The Balaban J connectivity index is 1.34. The number of piperidine rings is 1. The van der Waals surface area contributed by atoms with Crippen molar-refractivity contribution in [3.8, 4) is 0 Å². The Bertz CT molecular complexity index is 986. The molecule has 0 aliphatic carbocycles. The molecule has 4 heterocycles. The summed E-state index contributed by atoms with van der Waals surface area (Å²) < 4.78 is 1.41. The third kappa shape index (κ3) is 3.04. The van der Waals surface area contributed by atoms with Crippen LogP contribution in [0.15, 0.2) is 47.4 Å². The van der Waals surface area contributed by atoms with Crippen LogP contribution in [-0.4, -0.2) is 44.7 Å². The van der Waals surface area contributed by atoms with Gasteiger partial charge in [0.15, 0.2) is 0 Å². The van der Waals surface area contributed by atoms with Crippen LogP contribution in [0.5, 0.6) is 0 Å². The van der Waals surface area contributed by atoms with E-state index in [1.165, 1.54) is 40.3 Å². The minimum atomic E-state index is -0.117. The summed E-state index contributed by atoms with van der Waals surface area (Å²) in [6.45, 7) is 1.05. The Morgan fingerprint density at radius 1 is 1.15 bits per heavy atom. The van der Waals surface area contributed by atoms with E-state index in [1.807, 2.05) is 0 Å². The fourth-order valence-electron chi connectivity index (χ4n) is 4.65. The number of hydrogen-bond donors (Lipinski definition) is 0. The van der Waals surface area contributed by atoms with Crippen molar-refractivity contribution in [2.75, 3.05) is 11.9 Å². The standard InChI is InChI=1S/C20H23N5OS/c1-23(20-22-25-18(26)9-10-21-19(25)27-20)17-11-15-7-8-16(12-17)24(15)13-14-5-3-2-4-6-14/h2-6,9-10,15-17H,7-8,11-13H2,1H3. The number of anilines is 1. The topological polar surface area (TPSA) is 53.7 Å². The van der Waals surface area contributed by atoms with E-state index in [-0.39, 0.29) is 5.56 Å². The Hall–Kier alpha value is -2.25. The average molecular weight is 382 g/mol. The molecule has 2 unspecified atom stereocenters. The van der Waals surface area contributed by atoms with Crippen LogP contribution in [0.25, 0.3) is 4.96 Å². The van der Waals surface area contributed by atoms with Crippen LogP contribution in [0.3, 0.4) is 0 Å². The molecule has 2 fully saturated rings. The van der Waals surface area contributed by atoms with Crippen LogP contribution in [0.1, 0.15) is 31.2 Å². The van der Waals surface area contributed by atoms with E-state index in [4.69, 9.17) is 0 Å². The zero-order valence-electron chi connectivity index (χ0n) is 15.4. The third-order valence-corrected chi connectivity index (χ3v) is 7.09. The molecule has 5 rings (SSSR count). The van der Waals surface area contributed by atoms with Gasteiger partial charge in [-0.05, 0) is 31.2 Å². The molecule has 0 saturated carbocycles. The fourth-order valence-corrected chi connectivity index (χ4v) is 5.56. The van der Waals surface area contributed by atoms with Gasteiger partial charge in [-0.2, -0.15) is 4.52 Å². The Morgan fingerprint density at radius 2 is 1.89 bits per heavy atom. The maximum atomic E-state index is 12.0. The first-order valence-electron chi connectivity index (χ1n) is 9.56. The quantitative estimate of drug-likeness (QED) is 0.696. The van der Waals surface area contributed by atoms with Crippen molar-refractivity contribution >= 4 is 21.4 Å². The molecule has 2 atom stereocenters. The zero-order valence-corrected chi connectivity index (χ0v) is 16.2. The molecule has 3 aromatic rings. The summed E-state index contributed by atoms with van der Waals surface area (Å²) in [7, 11) is 2.11. The number of hydrogen-bond acceptors (Lipinski definition) is 6. The van der Waals surface area contributed by atoms with Gasteiger partial charge in [-0.3, -0.25) is 9.69 Å². The molecule has 7 heteroatoms. The van der Waals surface area contributed by atoms with Crippen LogP contribution in [0, 0.1) is 0 Å². The van der Waals surface area contributed by atoms with E-state index in [1.54, 1.807) is 6.20 Å². The van der Waals surface area contributed by atoms with Crippen molar-refractivity contribution in [2.24, 2.45) is 0 Å². The minimum Gasteiger partial charge on any atom is -0.347 e. The van der Waals surface area contributed by atoms with Gasteiger partial charge in [0, 0.05) is 44.0 Å². The van der Waals surface area contributed by atoms with Crippen molar-refractivity contribution in [3.63, 3.8) is 0 Å². The molecule has 6 nitrogen and oxygen atoms in total. The van der Waals surface area contributed by atoms with Gasteiger partial charge in [-0.15, -0.1) is 5.10 Å². The van der Waals surface area contributed by atoms with E-state index in [0.717, 1.165) is 24.5 Å². The highest BCUT2D eigenvalue weighted by molar-refractivity contribution is 7.20. The van der Waals surface area contributed by atoms with E-state index in [9.17, 15) is 4.79 Å². The number of nitrogens with zero attached hydrogens (tertiary/aromatic N) is 5. The second-order valence-corrected chi connectivity index (χ2v) is 8.58. The summed E-state index contributed by atoms with van der Waals surface area (Å²) in [5.74, 6) is 0. The van der Waals surface area contributed by atoms with Crippen LogP contribution in [-0.2, 0) is 6.54 Å². The lowest BCUT2D eigenvalue weighted by molar-refractivity contribution is 0.118. The second kappa shape index (κ2) is 6.73. The lowest BCUT2D eigenvalue weighted by Gasteiger charge is -2.42. The van der Waals surface area contributed by atoms with Gasteiger partial charge in [0.05, 0.1) is 0 Å². The second-order valence-electron chi connectivity index (χ2n) is 7.64. The maximum absolute atomic E-state index is 12.0. The Labute approximate surface area is 162 Å².